The van der Waals surface area contributed by atoms with E-state index < -0.39 is 18.3 Å². The topological polar surface area (TPSA) is 68.9 Å². The third-order valence-electron chi connectivity index (χ3n) is 3.91. The molecular formula is C14H19BO5. The number of hydrogen-bond donors (Lipinski definition) is 1. The molecule has 1 saturated heterocycles. The summed E-state index contributed by atoms with van der Waals surface area (Å²) in [6.45, 7) is 7.54. The number of carbonyl (C=O) groups excluding carboxylic acids is 1. The lowest BCUT2D eigenvalue weighted by Crippen LogP contribution is -2.41. The highest BCUT2D eigenvalue weighted by atomic mass is 16.7. The van der Waals surface area contributed by atoms with Crippen LogP contribution in [0.25, 0.3) is 6.08 Å². The van der Waals surface area contributed by atoms with Crippen LogP contribution in [0.4, 0.5) is 0 Å². The van der Waals surface area contributed by atoms with Gasteiger partial charge in [-0.05, 0) is 39.2 Å². The van der Waals surface area contributed by atoms with E-state index in [4.69, 9.17) is 13.7 Å². The molecule has 108 valence electrons. The molecular weight excluding hydrogens is 259 g/mol. The Labute approximate surface area is 118 Å². The fourth-order valence-corrected chi connectivity index (χ4v) is 1.93. The largest absolute Gasteiger partial charge is 0.492 e. The normalized spacial score (nSPS) is 21.2. The first kappa shape index (κ1) is 15.0. The van der Waals surface area contributed by atoms with Gasteiger partial charge >= 0.3 is 7.12 Å². The van der Waals surface area contributed by atoms with E-state index in [1.165, 1.54) is 6.26 Å². The quantitative estimate of drug-likeness (QED) is 0.674. The maximum Gasteiger partial charge on any atom is 0.492 e. The summed E-state index contributed by atoms with van der Waals surface area (Å²) in [4.78, 5) is 10.8. The molecule has 0 aliphatic carbocycles. The number of hydrogen-bond acceptors (Lipinski definition) is 5. The minimum atomic E-state index is -0.639. The van der Waals surface area contributed by atoms with Crippen LogP contribution in [0.15, 0.2) is 22.2 Å². The van der Waals surface area contributed by atoms with Gasteiger partial charge < -0.3 is 18.8 Å². The van der Waals surface area contributed by atoms with Crippen molar-refractivity contribution in [2.24, 2.45) is 0 Å². The lowest BCUT2D eigenvalue weighted by atomic mass is 9.77. The molecule has 20 heavy (non-hydrogen) atoms. The molecule has 1 aliphatic rings. The van der Waals surface area contributed by atoms with Crippen LogP contribution >= 0.6 is 0 Å². The summed E-state index contributed by atoms with van der Waals surface area (Å²) in [5.41, 5.74) is 0.193. The number of aliphatic hydroxyl groups excluding tert-OH is 1. The van der Waals surface area contributed by atoms with E-state index in [1.54, 1.807) is 12.1 Å². The van der Waals surface area contributed by atoms with Gasteiger partial charge in [-0.3, -0.25) is 4.79 Å². The Bertz CT molecular complexity index is 513. The molecule has 1 aromatic heterocycles. The second-order valence-corrected chi connectivity index (χ2v) is 5.82. The Morgan fingerprint density at radius 2 is 1.90 bits per heavy atom. The number of aliphatic hydroxyl groups is 1. The third kappa shape index (κ3) is 2.59. The van der Waals surface area contributed by atoms with Gasteiger partial charge in [0.2, 0.25) is 0 Å². The fourth-order valence-electron chi connectivity index (χ4n) is 1.93. The second kappa shape index (κ2) is 5.20. The maximum atomic E-state index is 10.8. The molecule has 2 heterocycles. The van der Waals surface area contributed by atoms with Crippen LogP contribution in [0.2, 0.25) is 0 Å². The first-order chi connectivity index (χ1) is 9.30. The Kier molecular flexibility index (Phi) is 3.91. The first-order valence-corrected chi connectivity index (χ1v) is 6.50. The van der Waals surface area contributed by atoms with E-state index in [-0.39, 0.29) is 12.4 Å². The van der Waals surface area contributed by atoms with E-state index in [0.717, 1.165) is 0 Å². The minimum absolute atomic E-state index is 0.215. The van der Waals surface area contributed by atoms with Gasteiger partial charge in [0.15, 0.2) is 12.0 Å². The average molecular weight is 278 g/mol. The van der Waals surface area contributed by atoms with E-state index in [2.05, 4.69) is 0 Å². The number of aldehydes is 1. The number of rotatable bonds is 4. The Hall–Kier alpha value is -1.37. The molecule has 1 aliphatic heterocycles. The zero-order valence-corrected chi connectivity index (χ0v) is 12.2. The number of carbonyl (C=O) groups is 1. The lowest BCUT2D eigenvalue weighted by Gasteiger charge is -2.32. The Morgan fingerprint density at radius 1 is 1.30 bits per heavy atom. The fraction of sp³-hybridized carbons (Fsp3) is 0.500. The summed E-state index contributed by atoms with van der Waals surface area (Å²) in [5, 5.41) is 9.54. The van der Waals surface area contributed by atoms with Crippen LogP contribution in [0, 0.1) is 0 Å². The summed E-state index contributed by atoms with van der Waals surface area (Å²) in [5.74, 6) is 0.215. The molecule has 0 atom stereocenters. The van der Waals surface area contributed by atoms with Crippen LogP contribution in [0.5, 0.6) is 0 Å². The van der Waals surface area contributed by atoms with Gasteiger partial charge in [-0.25, -0.2) is 0 Å². The Balaban J connectivity index is 2.29. The van der Waals surface area contributed by atoms with Crippen LogP contribution in [-0.2, 0) is 9.31 Å². The van der Waals surface area contributed by atoms with Crippen molar-refractivity contribution in [2.45, 2.75) is 38.9 Å². The average Bonchev–Trinajstić information content (AvgIpc) is 2.88. The second-order valence-electron chi connectivity index (χ2n) is 5.82. The molecule has 0 unspecified atom stereocenters. The summed E-state index contributed by atoms with van der Waals surface area (Å²) >= 11 is 0. The summed E-state index contributed by atoms with van der Waals surface area (Å²) in [6, 6.07) is 1.66. The van der Waals surface area contributed by atoms with E-state index in [1.807, 2.05) is 27.7 Å². The summed E-state index contributed by atoms with van der Waals surface area (Å²) in [7, 11) is -0.639. The van der Waals surface area contributed by atoms with Crippen molar-refractivity contribution in [2.75, 3.05) is 6.61 Å². The van der Waals surface area contributed by atoms with Crippen molar-refractivity contribution in [1.82, 2.24) is 0 Å². The third-order valence-corrected chi connectivity index (χ3v) is 3.91. The van der Waals surface area contributed by atoms with Gasteiger partial charge in [0.05, 0.1) is 24.1 Å². The summed E-state index contributed by atoms with van der Waals surface area (Å²) < 4.78 is 16.8. The smallest absolute Gasteiger partial charge is 0.461 e. The highest BCUT2D eigenvalue weighted by molar-refractivity contribution is 6.55. The van der Waals surface area contributed by atoms with Crippen LogP contribution in [0.3, 0.4) is 0 Å². The zero-order chi connectivity index (χ0) is 15.0. The lowest BCUT2D eigenvalue weighted by molar-refractivity contribution is 0.00578. The van der Waals surface area contributed by atoms with Crippen molar-refractivity contribution < 1.29 is 23.6 Å². The molecule has 0 aromatic carbocycles. The van der Waals surface area contributed by atoms with E-state index in [0.29, 0.717) is 17.3 Å². The highest BCUT2D eigenvalue weighted by Gasteiger charge is 2.52. The van der Waals surface area contributed by atoms with Crippen LogP contribution in [-0.4, -0.2) is 36.3 Å². The van der Waals surface area contributed by atoms with Gasteiger partial charge in [0.25, 0.3) is 0 Å². The molecule has 1 N–H and O–H groups in total. The maximum absolute atomic E-state index is 10.8. The SMILES string of the molecule is CC1(C)OB(C(=Cc2ccoc2C=O)CO)OC1(C)C. The van der Waals surface area contributed by atoms with Gasteiger partial charge in [-0.15, -0.1) is 0 Å². The monoisotopic (exact) mass is 278 g/mol. The van der Waals surface area contributed by atoms with Crippen molar-refractivity contribution >= 4 is 19.5 Å². The zero-order valence-electron chi connectivity index (χ0n) is 12.2. The Morgan fingerprint density at radius 3 is 2.40 bits per heavy atom. The van der Waals surface area contributed by atoms with Crippen molar-refractivity contribution in [3.63, 3.8) is 0 Å². The van der Waals surface area contributed by atoms with Crippen LogP contribution in [0.1, 0.15) is 43.8 Å². The molecule has 2 rings (SSSR count). The highest BCUT2D eigenvalue weighted by Crippen LogP contribution is 2.38. The van der Waals surface area contributed by atoms with Crippen molar-refractivity contribution in [3.8, 4) is 0 Å². The van der Waals surface area contributed by atoms with Gasteiger partial charge in [-0.2, -0.15) is 0 Å². The van der Waals surface area contributed by atoms with Gasteiger partial charge in [0, 0.05) is 5.56 Å². The van der Waals surface area contributed by atoms with Gasteiger partial charge in [0.1, 0.15) is 0 Å². The molecule has 0 radical (unpaired) electrons. The van der Waals surface area contributed by atoms with Gasteiger partial charge in [-0.1, -0.05) is 6.08 Å². The van der Waals surface area contributed by atoms with Crippen molar-refractivity contribution in [1.29, 1.82) is 0 Å². The molecule has 0 amide bonds. The molecule has 6 heteroatoms. The van der Waals surface area contributed by atoms with E-state index >= 15 is 0 Å². The molecule has 0 saturated carbocycles. The van der Waals surface area contributed by atoms with Crippen molar-refractivity contribution in [3.05, 3.63) is 29.1 Å². The van der Waals surface area contributed by atoms with Crippen LogP contribution < -0.4 is 0 Å². The molecule has 0 spiro atoms. The predicted octanol–water partition coefficient (Wildman–Crippen LogP) is 2.10. The number of furan rings is 1. The van der Waals surface area contributed by atoms with E-state index in [9.17, 15) is 9.90 Å². The first-order valence-electron chi connectivity index (χ1n) is 6.50. The molecule has 1 aromatic rings. The summed E-state index contributed by atoms with van der Waals surface area (Å²) in [6.07, 6.45) is 3.72. The molecule has 0 bridgehead atoms. The molecule has 5 nitrogen and oxygen atoms in total. The minimum Gasteiger partial charge on any atom is -0.461 e. The predicted molar refractivity (Wildman–Crippen MR) is 75.2 cm³/mol. The standard InChI is InChI=1S/C14H19BO5/c1-13(2)14(3,4)20-15(19-13)11(8-16)7-10-5-6-18-12(10)9-17/h5-7,9,16H,8H2,1-4H3. The molecule has 1 fully saturated rings.